The van der Waals surface area contributed by atoms with Crippen molar-refractivity contribution < 1.29 is 9.59 Å². The summed E-state index contributed by atoms with van der Waals surface area (Å²) < 4.78 is 0. The van der Waals surface area contributed by atoms with Crippen molar-refractivity contribution in [2.45, 2.75) is 19.3 Å². The Morgan fingerprint density at radius 2 is 1.97 bits per heavy atom. The van der Waals surface area contributed by atoms with Crippen molar-refractivity contribution in [1.29, 1.82) is 0 Å². The van der Waals surface area contributed by atoms with E-state index in [1.807, 2.05) is 24.3 Å². The van der Waals surface area contributed by atoms with Crippen LogP contribution in [0.15, 0.2) is 66.2 Å². The van der Waals surface area contributed by atoms with Gasteiger partial charge in [0.05, 0.1) is 5.41 Å². The largest absolute Gasteiger partial charge is 0.359 e. The number of nitrogens with zero attached hydrogens (tertiary/aromatic N) is 2. The highest BCUT2D eigenvalue weighted by molar-refractivity contribution is 7.13. The summed E-state index contributed by atoms with van der Waals surface area (Å²) in [6, 6.07) is 17.7. The predicted molar refractivity (Wildman–Crippen MR) is 119 cm³/mol. The number of piperidine rings is 1. The summed E-state index contributed by atoms with van der Waals surface area (Å²) in [7, 11) is 1.68. The zero-order valence-electron chi connectivity index (χ0n) is 17.0. The van der Waals surface area contributed by atoms with Gasteiger partial charge in [0.15, 0.2) is 0 Å². The number of carbonyl (C=O) groups excluding carboxylic acids is 2. The summed E-state index contributed by atoms with van der Waals surface area (Å²) in [6.45, 7) is 1.03. The molecule has 154 valence electrons. The third-order valence-electron chi connectivity index (χ3n) is 5.79. The van der Waals surface area contributed by atoms with Crippen LogP contribution in [-0.4, -0.2) is 41.8 Å². The van der Waals surface area contributed by atoms with E-state index in [-0.39, 0.29) is 11.8 Å². The van der Waals surface area contributed by atoms with Crippen molar-refractivity contribution in [2.24, 2.45) is 5.41 Å². The van der Waals surface area contributed by atoms with Crippen LogP contribution in [0.1, 0.15) is 28.9 Å². The number of thiophene rings is 1. The molecule has 0 spiro atoms. The number of aromatic nitrogens is 1. The summed E-state index contributed by atoms with van der Waals surface area (Å²) in [4.78, 5) is 33.4. The Hall–Kier alpha value is -2.99. The molecule has 2 aromatic heterocycles. The molecule has 3 aromatic rings. The molecule has 1 N–H and O–H groups in total. The second kappa shape index (κ2) is 8.79. The maximum atomic E-state index is 13.1. The van der Waals surface area contributed by atoms with Gasteiger partial charge >= 0.3 is 0 Å². The molecule has 3 heterocycles. The first-order valence-corrected chi connectivity index (χ1v) is 11.1. The molecule has 0 saturated carbocycles. The van der Waals surface area contributed by atoms with Crippen molar-refractivity contribution in [3.63, 3.8) is 0 Å². The second-order valence-corrected chi connectivity index (χ2v) is 8.66. The van der Waals surface area contributed by atoms with Gasteiger partial charge in [-0.3, -0.25) is 14.6 Å². The van der Waals surface area contributed by atoms with Crippen molar-refractivity contribution in [3.05, 3.63) is 77.4 Å². The minimum atomic E-state index is -0.662. The van der Waals surface area contributed by atoms with Gasteiger partial charge in [-0.05, 0) is 54.0 Å². The molecule has 6 heteroatoms. The maximum absolute atomic E-state index is 13.1. The van der Waals surface area contributed by atoms with E-state index in [0.717, 1.165) is 24.0 Å². The van der Waals surface area contributed by atoms with E-state index in [2.05, 4.69) is 33.9 Å². The maximum Gasteiger partial charge on any atom is 0.272 e. The van der Waals surface area contributed by atoms with Gasteiger partial charge in [-0.2, -0.15) is 0 Å². The summed E-state index contributed by atoms with van der Waals surface area (Å²) in [6.07, 6.45) is 3.75. The third kappa shape index (κ3) is 4.00. The first kappa shape index (κ1) is 20.3. The van der Waals surface area contributed by atoms with E-state index < -0.39 is 5.41 Å². The molecule has 1 fully saturated rings. The standard InChI is InChI=1S/C24H25N3O2S/c1-25-23(29)24(16-18-8-2-3-9-19(18)21-11-6-15-30-21)12-7-14-27(17-24)22(28)20-10-4-5-13-26-20/h2-6,8-11,13,15H,7,12,14,16-17H2,1H3,(H,25,29)/t24-/m0/s1. The Kier molecular flexibility index (Phi) is 5.95. The zero-order chi connectivity index (χ0) is 21.0. The number of benzene rings is 1. The quantitative estimate of drug-likeness (QED) is 0.679. The van der Waals surface area contributed by atoms with E-state index in [0.29, 0.717) is 25.2 Å². The number of amides is 2. The lowest BCUT2D eigenvalue weighted by Crippen LogP contribution is -2.54. The topological polar surface area (TPSA) is 62.3 Å². The number of carbonyl (C=O) groups is 2. The van der Waals surface area contributed by atoms with E-state index in [1.54, 1.807) is 41.6 Å². The van der Waals surface area contributed by atoms with Gasteiger partial charge in [-0.1, -0.05) is 36.4 Å². The molecule has 4 rings (SSSR count). The molecular formula is C24H25N3O2S. The van der Waals surface area contributed by atoms with E-state index in [4.69, 9.17) is 0 Å². The number of likely N-dealkylation sites (tertiary alicyclic amines) is 1. The minimum absolute atomic E-state index is 0.0120. The lowest BCUT2D eigenvalue weighted by Gasteiger charge is -2.41. The van der Waals surface area contributed by atoms with Gasteiger partial charge < -0.3 is 10.2 Å². The Morgan fingerprint density at radius 3 is 2.70 bits per heavy atom. The number of hydrogen-bond acceptors (Lipinski definition) is 4. The van der Waals surface area contributed by atoms with Gasteiger partial charge in [0.1, 0.15) is 5.69 Å². The molecule has 5 nitrogen and oxygen atoms in total. The van der Waals surface area contributed by atoms with Crippen LogP contribution < -0.4 is 5.32 Å². The summed E-state index contributed by atoms with van der Waals surface area (Å²) in [5, 5.41) is 4.92. The first-order chi connectivity index (χ1) is 14.6. The van der Waals surface area contributed by atoms with Gasteiger partial charge in [0.25, 0.3) is 5.91 Å². The van der Waals surface area contributed by atoms with Crippen molar-refractivity contribution in [3.8, 4) is 10.4 Å². The van der Waals surface area contributed by atoms with Crippen molar-refractivity contribution in [2.75, 3.05) is 20.1 Å². The van der Waals surface area contributed by atoms with Crippen LogP contribution in [0.4, 0.5) is 0 Å². The van der Waals surface area contributed by atoms with Crippen LogP contribution in [0.2, 0.25) is 0 Å². The molecule has 1 aliphatic heterocycles. The molecule has 30 heavy (non-hydrogen) atoms. The number of rotatable bonds is 5. The lowest BCUT2D eigenvalue weighted by atomic mass is 9.73. The molecule has 0 bridgehead atoms. The van der Waals surface area contributed by atoms with Crippen LogP contribution in [0.3, 0.4) is 0 Å². The fraction of sp³-hybridized carbons (Fsp3) is 0.292. The van der Waals surface area contributed by atoms with E-state index in [1.165, 1.54) is 4.88 Å². The molecule has 0 aliphatic carbocycles. The Bertz CT molecular complexity index is 1020. The van der Waals surface area contributed by atoms with Gasteiger partial charge in [-0.25, -0.2) is 0 Å². The summed E-state index contributed by atoms with van der Waals surface area (Å²) >= 11 is 1.69. The Morgan fingerprint density at radius 1 is 1.13 bits per heavy atom. The third-order valence-corrected chi connectivity index (χ3v) is 6.69. The molecular weight excluding hydrogens is 394 g/mol. The fourth-order valence-electron chi connectivity index (χ4n) is 4.34. The average molecular weight is 420 g/mol. The van der Waals surface area contributed by atoms with Gasteiger partial charge in [-0.15, -0.1) is 11.3 Å². The molecule has 0 unspecified atom stereocenters. The van der Waals surface area contributed by atoms with Gasteiger partial charge in [0.2, 0.25) is 5.91 Å². The normalized spacial score (nSPS) is 18.8. The predicted octanol–water partition coefficient (Wildman–Crippen LogP) is 4.02. The fourth-order valence-corrected chi connectivity index (χ4v) is 5.13. The highest BCUT2D eigenvalue weighted by atomic mass is 32.1. The van der Waals surface area contributed by atoms with Crippen LogP contribution >= 0.6 is 11.3 Å². The number of nitrogens with one attached hydrogen (secondary N) is 1. The van der Waals surface area contributed by atoms with Crippen LogP contribution in [0.5, 0.6) is 0 Å². The summed E-state index contributed by atoms with van der Waals surface area (Å²) in [5.74, 6) is -0.128. The van der Waals surface area contributed by atoms with Crippen LogP contribution in [0, 0.1) is 5.41 Å². The zero-order valence-corrected chi connectivity index (χ0v) is 17.8. The number of pyridine rings is 1. The second-order valence-electron chi connectivity index (χ2n) is 7.72. The first-order valence-electron chi connectivity index (χ1n) is 10.2. The molecule has 0 radical (unpaired) electrons. The highest BCUT2D eigenvalue weighted by Crippen LogP contribution is 2.38. The molecule has 2 amide bonds. The Labute approximate surface area is 180 Å². The monoisotopic (exact) mass is 419 g/mol. The van der Waals surface area contributed by atoms with Crippen molar-refractivity contribution >= 4 is 23.2 Å². The van der Waals surface area contributed by atoms with Crippen molar-refractivity contribution in [1.82, 2.24) is 15.2 Å². The average Bonchev–Trinajstić information content (AvgIpc) is 3.34. The van der Waals surface area contributed by atoms with E-state index in [9.17, 15) is 9.59 Å². The van der Waals surface area contributed by atoms with Gasteiger partial charge in [0, 0.05) is 31.2 Å². The SMILES string of the molecule is CNC(=O)[C@]1(Cc2ccccc2-c2cccs2)CCCN(C(=O)c2ccccn2)C1. The smallest absolute Gasteiger partial charge is 0.272 e. The Balaban J connectivity index is 1.66. The summed E-state index contributed by atoms with van der Waals surface area (Å²) in [5.41, 5.74) is 2.05. The van der Waals surface area contributed by atoms with Crippen LogP contribution in [-0.2, 0) is 11.2 Å². The molecule has 1 aromatic carbocycles. The lowest BCUT2D eigenvalue weighted by molar-refractivity contribution is -0.133. The highest BCUT2D eigenvalue weighted by Gasteiger charge is 2.43. The minimum Gasteiger partial charge on any atom is -0.359 e. The molecule has 1 aliphatic rings. The van der Waals surface area contributed by atoms with Crippen LogP contribution in [0.25, 0.3) is 10.4 Å². The molecule has 1 atom stereocenters. The molecule has 1 saturated heterocycles. The number of hydrogen-bond donors (Lipinski definition) is 1. The van der Waals surface area contributed by atoms with E-state index >= 15 is 0 Å².